The summed E-state index contributed by atoms with van der Waals surface area (Å²) in [5, 5.41) is 12.3. The quantitative estimate of drug-likeness (QED) is 0.246. The second-order valence-corrected chi connectivity index (χ2v) is 9.50. The summed E-state index contributed by atoms with van der Waals surface area (Å²) in [4.78, 5) is 16.6. The fraction of sp³-hybridized carbons (Fsp3) is 0.120. The molecule has 0 radical (unpaired) electrons. The van der Waals surface area contributed by atoms with E-state index in [9.17, 15) is 18.4 Å². The summed E-state index contributed by atoms with van der Waals surface area (Å²) >= 11 is 0. The van der Waals surface area contributed by atoms with Crippen molar-refractivity contribution in [1.29, 1.82) is 0 Å². The number of hydrogen-bond acceptors (Lipinski definition) is 8. The molecule has 0 saturated carbocycles. The van der Waals surface area contributed by atoms with Gasteiger partial charge in [0.1, 0.15) is 11.5 Å². The van der Waals surface area contributed by atoms with E-state index in [-0.39, 0.29) is 22.0 Å². The molecule has 1 amide bonds. The second kappa shape index (κ2) is 10.00. The zero-order chi connectivity index (χ0) is 25.0. The summed E-state index contributed by atoms with van der Waals surface area (Å²) in [5.74, 6) is 0.378. The Morgan fingerprint density at radius 3 is 2.54 bits per heavy atom. The molecule has 0 saturated heterocycles. The molecule has 0 bridgehead atoms. The Kier molecular flexibility index (Phi) is 6.85. The number of rotatable bonds is 8. The number of hydroxylamine groups is 1. The molecule has 2 aromatic heterocycles. The number of anilines is 1. The van der Waals surface area contributed by atoms with Crippen molar-refractivity contribution in [1.82, 2.24) is 10.5 Å². The summed E-state index contributed by atoms with van der Waals surface area (Å²) in [6.07, 6.45) is 2.93. The van der Waals surface area contributed by atoms with Crippen LogP contribution in [-0.4, -0.2) is 31.6 Å². The number of furan rings is 1. The third-order valence-electron chi connectivity index (χ3n) is 5.42. The standard InChI is InChI=1S/C25H23N3O6S/c1-16-13-18(22-6-4-12-34-22)14-21(24(29)28-30)23(16)27-15-17-5-3-11-26-25(17)35(31,32)20-9-7-19(33-2)8-10-20/h3-14,27,30H,15H2,1-2H3,(H,28,29). The first kappa shape index (κ1) is 24.0. The van der Waals surface area contributed by atoms with Gasteiger partial charge in [-0.2, -0.15) is 0 Å². The van der Waals surface area contributed by atoms with Crippen LogP contribution >= 0.6 is 0 Å². The van der Waals surface area contributed by atoms with E-state index in [1.807, 2.05) is 6.07 Å². The average molecular weight is 494 g/mol. The number of sulfone groups is 1. The molecule has 9 nitrogen and oxygen atoms in total. The number of ether oxygens (including phenoxy) is 1. The highest BCUT2D eigenvalue weighted by molar-refractivity contribution is 7.91. The van der Waals surface area contributed by atoms with Gasteiger partial charge >= 0.3 is 0 Å². The van der Waals surface area contributed by atoms with Crippen molar-refractivity contribution < 1.29 is 27.6 Å². The number of nitrogens with one attached hydrogen (secondary N) is 2. The molecule has 180 valence electrons. The lowest BCUT2D eigenvalue weighted by atomic mass is 10.0. The Labute approximate surface area is 202 Å². The van der Waals surface area contributed by atoms with Gasteiger partial charge in [0.25, 0.3) is 5.91 Å². The number of pyridine rings is 1. The Morgan fingerprint density at radius 2 is 1.89 bits per heavy atom. The maximum absolute atomic E-state index is 13.3. The fourth-order valence-electron chi connectivity index (χ4n) is 3.70. The molecule has 0 unspecified atom stereocenters. The number of aryl methyl sites for hydroxylation is 1. The van der Waals surface area contributed by atoms with Gasteiger partial charge in [-0.1, -0.05) is 6.07 Å². The Hall–Kier alpha value is -4.15. The van der Waals surface area contributed by atoms with E-state index >= 15 is 0 Å². The van der Waals surface area contributed by atoms with Crippen LogP contribution in [0.1, 0.15) is 21.5 Å². The highest BCUT2D eigenvalue weighted by Gasteiger charge is 2.24. The first-order valence-corrected chi connectivity index (χ1v) is 12.0. The lowest BCUT2D eigenvalue weighted by molar-refractivity contribution is 0.0707. The van der Waals surface area contributed by atoms with Crippen LogP contribution in [0.2, 0.25) is 0 Å². The number of aromatic nitrogens is 1. The number of methoxy groups -OCH3 is 1. The van der Waals surface area contributed by atoms with E-state index in [4.69, 9.17) is 9.15 Å². The van der Waals surface area contributed by atoms with E-state index in [1.165, 1.54) is 31.7 Å². The molecular formula is C25H23N3O6S. The summed E-state index contributed by atoms with van der Waals surface area (Å²) in [6, 6.07) is 16.2. The van der Waals surface area contributed by atoms with Gasteiger partial charge in [0.15, 0.2) is 5.03 Å². The van der Waals surface area contributed by atoms with Crippen molar-refractivity contribution in [3.05, 3.63) is 89.8 Å². The van der Waals surface area contributed by atoms with Crippen LogP contribution in [0.4, 0.5) is 5.69 Å². The molecule has 0 aliphatic rings. The van der Waals surface area contributed by atoms with Gasteiger partial charge in [0.2, 0.25) is 9.84 Å². The number of hydrogen-bond donors (Lipinski definition) is 3. The molecule has 2 aromatic carbocycles. The molecule has 0 aliphatic heterocycles. The summed E-state index contributed by atoms with van der Waals surface area (Å²) in [5.41, 5.74) is 4.02. The van der Waals surface area contributed by atoms with Crippen molar-refractivity contribution >= 4 is 21.4 Å². The minimum Gasteiger partial charge on any atom is -0.497 e. The van der Waals surface area contributed by atoms with Crippen LogP contribution in [0.25, 0.3) is 11.3 Å². The molecule has 2 heterocycles. The van der Waals surface area contributed by atoms with E-state index in [2.05, 4.69) is 10.3 Å². The zero-order valence-electron chi connectivity index (χ0n) is 19.0. The molecule has 10 heteroatoms. The summed E-state index contributed by atoms with van der Waals surface area (Å²) in [7, 11) is -2.41. The van der Waals surface area contributed by atoms with Crippen LogP contribution in [0.3, 0.4) is 0 Å². The smallest absolute Gasteiger partial charge is 0.276 e. The number of carbonyl (C=O) groups is 1. The second-order valence-electron chi connectivity index (χ2n) is 7.63. The highest BCUT2D eigenvalue weighted by atomic mass is 32.2. The number of amides is 1. The highest BCUT2D eigenvalue weighted by Crippen LogP contribution is 2.31. The van der Waals surface area contributed by atoms with E-state index < -0.39 is 15.7 Å². The van der Waals surface area contributed by atoms with Gasteiger partial charge in [-0.25, -0.2) is 18.9 Å². The third-order valence-corrected chi connectivity index (χ3v) is 7.19. The topological polar surface area (TPSA) is 131 Å². The normalized spacial score (nSPS) is 11.2. The van der Waals surface area contributed by atoms with Crippen LogP contribution < -0.4 is 15.5 Å². The summed E-state index contributed by atoms with van der Waals surface area (Å²) in [6.45, 7) is 1.85. The van der Waals surface area contributed by atoms with Gasteiger partial charge in [0.05, 0.1) is 29.5 Å². The van der Waals surface area contributed by atoms with Crippen LogP contribution in [0.15, 0.2) is 87.5 Å². The molecule has 4 aromatic rings. The number of carbonyl (C=O) groups excluding carboxylic acids is 1. The van der Waals surface area contributed by atoms with Gasteiger partial charge < -0.3 is 14.5 Å². The molecule has 0 aliphatic carbocycles. The van der Waals surface area contributed by atoms with Crippen LogP contribution in [-0.2, 0) is 16.4 Å². The largest absolute Gasteiger partial charge is 0.497 e. The predicted molar refractivity (Wildman–Crippen MR) is 128 cm³/mol. The lowest BCUT2D eigenvalue weighted by Gasteiger charge is -2.17. The molecule has 35 heavy (non-hydrogen) atoms. The maximum atomic E-state index is 13.3. The van der Waals surface area contributed by atoms with E-state index in [0.29, 0.717) is 33.9 Å². The molecule has 0 atom stereocenters. The molecule has 3 N–H and O–H groups in total. The lowest BCUT2D eigenvalue weighted by Crippen LogP contribution is -2.21. The summed E-state index contributed by atoms with van der Waals surface area (Å²) < 4.78 is 37.1. The van der Waals surface area contributed by atoms with Gasteiger partial charge in [-0.15, -0.1) is 0 Å². The van der Waals surface area contributed by atoms with Gasteiger partial charge in [0, 0.05) is 23.9 Å². The first-order chi connectivity index (χ1) is 16.8. The van der Waals surface area contributed by atoms with Crippen molar-refractivity contribution in [2.24, 2.45) is 0 Å². The minimum absolute atomic E-state index is 0.0607. The van der Waals surface area contributed by atoms with E-state index in [0.717, 1.165) is 0 Å². The monoisotopic (exact) mass is 493 g/mol. The van der Waals surface area contributed by atoms with E-state index in [1.54, 1.807) is 54.9 Å². The Bertz CT molecular complexity index is 1450. The van der Waals surface area contributed by atoms with Gasteiger partial charge in [-0.3, -0.25) is 10.0 Å². The fourth-order valence-corrected chi connectivity index (χ4v) is 5.10. The number of nitrogens with zero attached hydrogens (tertiary/aromatic N) is 1. The van der Waals surface area contributed by atoms with Crippen molar-refractivity contribution in [3.63, 3.8) is 0 Å². The minimum atomic E-state index is -3.91. The number of benzene rings is 2. The maximum Gasteiger partial charge on any atom is 0.276 e. The first-order valence-electron chi connectivity index (χ1n) is 10.5. The molecule has 0 fully saturated rings. The zero-order valence-corrected chi connectivity index (χ0v) is 19.8. The van der Waals surface area contributed by atoms with Crippen molar-refractivity contribution in [2.75, 3.05) is 12.4 Å². The SMILES string of the molecule is COc1ccc(S(=O)(=O)c2ncccc2CNc2c(C)cc(-c3ccco3)cc2C(=O)NO)cc1. The molecule has 0 spiro atoms. The van der Waals surface area contributed by atoms with Gasteiger partial charge in [-0.05, 0) is 67.1 Å². The predicted octanol–water partition coefficient (Wildman–Crippen LogP) is 4.22. The molecule has 4 rings (SSSR count). The molecular weight excluding hydrogens is 470 g/mol. The van der Waals surface area contributed by atoms with Crippen LogP contribution in [0, 0.1) is 6.92 Å². The van der Waals surface area contributed by atoms with Crippen LogP contribution in [0.5, 0.6) is 5.75 Å². The van der Waals surface area contributed by atoms with Crippen molar-refractivity contribution in [2.45, 2.75) is 23.4 Å². The Balaban J connectivity index is 1.68. The van der Waals surface area contributed by atoms with Crippen molar-refractivity contribution in [3.8, 4) is 17.1 Å². The third kappa shape index (κ3) is 4.88. The Morgan fingerprint density at radius 1 is 1.11 bits per heavy atom. The average Bonchev–Trinajstić information content (AvgIpc) is 3.42.